The van der Waals surface area contributed by atoms with Gasteiger partial charge in [-0.3, -0.25) is 0 Å². The van der Waals surface area contributed by atoms with E-state index in [0.717, 1.165) is 11.8 Å². The first-order valence-corrected chi connectivity index (χ1v) is 6.01. The first-order valence-electron chi connectivity index (χ1n) is 6.01. The summed E-state index contributed by atoms with van der Waals surface area (Å²) in [6.45, 7) is 4.63. The van der Waals surface area contributed by atoms with Crippen LogP contribution in [0.3, 0.4) is 0 Å². The molecule has 1 rings (SSSR count). The predicted molar refractivity (Wildman–Crippen MR) is 58.6 cm³/mol. The van der Waals surface area contributed by atoms with Crippen LogP contribution in [0.25, 0.3) is 0 Å². The van der Waals surface area contributed by atoms with Crippen LogP contribution in [0.1, 0.15) is 58.8 Å². The van der Waals surface area contributed by atoms with Crippen molar-refractivity contribution in [3.8, 4) is 0 Å². The molecule has 0 saturated heterocycles. The molecule has 1 nitrogen and oxygen atoms in total. The Bertz CT molecular complexity index is 129. The smallest absolute Gasteiger partial charge is 0.00414 e. The van der Waals surface area contributed by atoms with Gasteiger partial charge in [-0.05, 0) is 31.1 Å². The van der Waals surface area contributed by atoms with E-state index in [-0.39, 0.29) is 0 Å². The fourth-order valence-corrected chi connectivity index (χ4v) is 2.64. The molecule has 0 bridgehead atoms. The second-order valence-electron chi connectivity index (χ2n) is 4.71. The maximum absolute atomic E-state index is 5.98. The molecule has 0 aromatic heterocycles. The van der Waals surface area contributed by atoms with E-state index in [1.54, 1.807) is 0 Å². The first kappa shape index (κ1) is 11.0. The molecule has 13 heavy (non-hydrogen) atoms. The van der Waals surface area contributed by atoms with Crippen molar-refractivity contribution < 1.29 is 0 Å². The third kappa shape index (κ3) is 3.68. The normalized spacial score (nSPS) is 29.5. The molecule has 1 saturated carbocycles. The highest BCUT2D eigenvalue weighted by Crippen LogP contribution is 2.30. The minimum atomic E-state index is 0.508. The van der Waals surface area contributed by atoms with Gasteiger partial charge in [0.25, 0.3) is 0 Å². The third-order valence-corrected chi connectivity index (χ3v) is 3.64. The maximum atomic E-state index is 5.98. The van der Waals surface area contributed by atoms with Gasteiger partial charge in [0.15, 0.2) is 0 Å². The monoisotopic (exact) mass is 183 g/mol. The van der Waals surface area contributed by atoms with Crippen LogP contribution < -0.4 is 5.73 Å². The number of hydrogen-bond acceptors (Lipinski definition) is 1. The Hall–Kier alpha value is -0.0400. The quantitative estimate of drug-likeness (QED) is 0.711. The second kappa shape index (κ2) is 5.64. The Balaban J connectivity index is 2.26. The van der Waals surface area contributed by atoms with E-state index in [1.807, 2.05) is 0 Å². The van der Waals surface area contributed by atoms with Gasteiger partial charge in [-0.15, -0.1) is 0 Å². The zero-order chi connectivity index (χ0) is 9.68. The van der Waals surface area contributed by atoms with E-state index < -0.39 is 0 Å². The van der Waals surface area contributed by atoms with Gasteiger partial charge in [0.2, 0.25) is 0 Å². The largest absolute Gasteiger partial charge is 0.328 e. The van der Waals surface area contributed by atoms with Gasteiger partial charge in [-0.25, -0.2) is 0 Å². The second-order valence-corrected chi connectivity index (χ2v) is 4.71. The Morgan fingerprint density at radius 1 is 1.23 bits per heavy atom. The average molecular weight is 183 g/mol. The molecule has 2 N–H and O–H groups in total. The zero-order valence-corrected chi connectivity index (χ0v) is 9.26. The molecule has 1 aliphatic rings. The van der Waals surface area contributed by atoms with Crippen LogP contribution in [0.5, 0.6) is 0 Å². The zero-order valence-electron chi connectivity index (χ0n) is 9.26. The molecule has 78 valence electrons. The van der Waals surface area contributed by atoms with Crippen molar-refractivity contribution in [2.75, 3.05) is 0 Å². The lowest BCUT2D eigenvalue weighted by atomic mass is 9.79. The topological polar surface area (TPSA) is 26.0 Å². The highest BCUT2D eigenvalue weighted by atomic mass is 14.6. The van der Waals surface area contributed by atoms with E-state index in [9.17, 15) is 0 Å². The molecule has 0 aromatic rings. The van der Waals surface area contributed by atoms with Crippen LogP contribution in [0, 0.1) is 11.8 Å². The minimum absolute atomic E-state index is 0.508. The standard InChI is InChI=1S/C12H25N/c1-3-10(4-2)8-11-6-5-7-12(13)9-11/h10-12H,3-9,13H2,1-2H3. The van der Waals surface area contributed by atoms with Gasteiger partial charge < -0.3 is 5.73 Å². The lowest BCUT2D eigenvalue weighted by Crippen LogP contribution is -2.28. The van der Waals surface area contributed by atoms with Crippen LogP contribution in [0.2, 0.25) is 0 Å². The summed E-state index contributed by atoms with van der Waals surface area (Å²) in [5.41, 5.74) is 5.98. The van der Waals surface area contributed by atoms with Crippen molar-refractivity contribution in [1.29, 1.82) is 0 Å². The summed E-state index contributed by atoms with van der Waals surface area (Å²) in [6, 6.07) is 0.508. The minimum Gasteiger partial charge on any atom is -0.328 e. The molecular formula is C12H25N. The number of rotatable bonds is 4. The fraction of sp³-hybridized carbons (Fsp3) is 1.00. The van der Waals surface area contributed by atoms with Gasteiger partial charge in [0, 0.05) is 6.04 Å². The molecule has 2 unspecified atom stereocenters. The van der Waals surface area contributed by atoms with Crippen LogP contribution >= 0.6 is 0 Å². The Morgan fingerprint density at radius 2 is 1.92 bits per heavy atom. The molecule has 0 aromatic carbocycles. The van der Waals surface area contributed by atoms with Gasteiger partial charge in [0.05, 0.1) is 0 Å². The molecule has 0 amide bonds. The summed E-state index contributed by atoms with van der Waals surface area (Å²) in [5, 5.41) is 0. The van der Waals surface area contributed by atoms with E-state index in [4.69, 9.17) is 5.73 Å². The van der Waals surface area contributed by atoms with Crippen molar-refractivity contribution in [2.45, 2.75) is 64.8 Å². The molecule has 0 heterocycles. The molecule has 1 fully saturated rings. The molecule has 0 spiro atoms. The summed E-state index contributed by atoms with van der Waals surface area (Å²) in [7, 11) is 0. The SMILES string of the molecule is CCC(CC)CC1CCCC(N)C1. The van der Waals surface area contributed by atoms with Gasteiger partial charge in [-0.1, -0.05) is 39.5 Å². The molecule has 2 atom stereocenters. The van der Waals surface area contributed by atoms with Crippen LogP contribution in [0.15, 0.2) is 0 Å². The summed E-state index contributed by atoms with van der Waals surface area (Å²) in [6.07, 6.45) is 9.48. The maximum Gasteiger partial charge on any atom is 0.00414 e. The lowest BCUT2D eigenvalue weighted by Gasteiger charge is -2.29. The predicted octanol–water partition coefficient (Wildman–Crippen LogP) is 3.33. The van der Waals surface area contributed by atoms with Crippen molar-refractivity contribution in [3.63, 3.8) is 0 Å². The first-order chi connectivity index (χ1) is 6.26. The van der Waals surface area contributed by atoms with E-state index in [2.05, 4.69) is 13.8 Å². The summed E-state index contributed by atoms with van der Waals surface area (Å²) in [5.74, 6) is 1.89. The summed E-state index contributed by atoms with van der Waals surface area (Å²) < 4.78 is 0. The van der Waals surface area contributed by atoms with Crippen molar-refractivity contribution >= 4 is 0 Å². The van der Waals surface area contributed by atoms with E-state index in [0.29, 0.717) is 6.04 Å². The Morgan fingerprint density at radius 3 is 2.46 bits per heavy atom. The highest BCUT2D eigenvalue weighted by Gasteiger charge is 2.21. The van der Waals surface area contributed by atoms with Crippen molar-refractivity contribution in [2.24, 2.45) is 17.6 Å². The van der Waals surface area contributed by atoms with Crippen LogP contribution in [-0.2, 0) is 0 Å². The van der Waals surface area contributed by atoms with E-state index >= 15 is 0 Å². The average Bonchev–Trinajstić information content (AvgIpc) is 2.14. The lowest BCUT2D eigenvalue weighted by molar-refractivity contribution is 0.259. The molecule has 0 radical (unpaired) electrons. The Labute approximate surface area is 83.1 Å². The summed E-state index contributed by atoms with van der Waals surface area (Å²) >= 11 is 0. The van der Waals surface area contributed by atoms with Gasteiger partial charge >= 0.3 is 0 Å². The van der Waals surface area contributed by atoms with Crippen molar-refractivity contribution in [3.05, 3.63) is 0 Å². The number of nitrogens with two attached hydrogens (primary N) is 1. The summed E-state index contributed by atoms with van der Waals surface area (Å²) in [4.78, 5) is 0. The molecule has 0 aliphatic heterocycles. The molecule has 1 aliphatic carbocycles. The number of hydrogen-bond donors (Lipinski definition) is 1. The van der Waals surface area contributed by atoms with Gasteiger partial charge in [0.1, 0.15) is 0 Å². The highest BCUT2D eigenvalue weighted by molar-refractivity contribution is 4.76. The molecular weight excluding hydrogens is 158 g/mol. The fourth-order valence-electron chi connectivity index (χ4n) is 2.64. The third-order valence-electron chi connectivity index (χ3n) is 3.64. The molecule has 1 heteroatoms. The van der Waals surface area contributed by atoms with Gasteiger partial charge in [-0.2, -0.15) is 0 Å². The van der Waals surface area contributed by atoms with Crippen LogP contribution in [-0.4, -0.2) is 6.04 Å². The van der Waals surface area contributed by atoms with Crippen molar-refractivity contribution in [1.82, 2.24) is 0 Å². The van der Waals surface area contributed by atoms with E-state index in [1.165, 1.54) is 44.9 Å². The Kier molecular flexibility index (Phi) is 4.79. The van der Waals surface area contributed by atoms with Crippen LogP contribution in [0.4, 0.5) is 0 Å².